The molecule has 0 aliphatic carbocycles. The van der Waals surface area contributed by atoms with E-state index in [9.17, 15) is 54.4 Å². The van der Waals surface area contributed by atoms with E-state index in [1.807, 2.05) is 60.7 Å². The maximum atomic E-state index is 14.5. The summed E-state index contributed by atoms with van der Waals surface area (Å²) in [5.74, 6) is -3.64. The first kappa shape index (κ1) is 68.0. The Hall–Kier alpha value is -7.48. The van der Waals surface area contributed by atoms with Crippen molar-refractivity contribution in [2.24, 2.45) is 0 Å². The fourth-order valence-corrected chi connectivity index (χ4v) is 13.7. The molecule has 20 nitrogen and oxygen atoms in total. The number of benzene rings is 5. The Morgan fingerprint density at radius 3 is 1.22 bits per heavy atom. The van der Waals surface area contributed by atoms with Gasteiger partial charge in [0.25, 0.3) is 11.8 Å². The normalized spacial score (nSPS) is 16.6. The first-order valence-electron chi connectivity index (χ1n) is 30.0. The quantitative estimate of drug-likeness (QED) is 0.0311. The van der Waals surface area contributed by atoms with Crippen LogP contribution in [0.4, 0.5) is 8.78 Å². The Morgan fingerprint density at radius 2 is 0.875 bits per heavy atom. The SMILES string of the molecule is CN[C@@H](C)C(=O)N[C@@H](CCCNC(=O)c1ccc(C(=O)NCCC[C@H](NC(=O)[C@@H](C)NC)C(=O)N2CCC[C@H]2CN(CCc2ccccc2)S(=O)(=O)c2ccc(F)cc2)cc1)C(=O)N1CCC[C@H]1CN(CCc1ccccc1)S(=O)(=O)c1ccc(F)cc1. The molecule has 24 heteroatoms. The lowest BCUT2D eigenvalue weighted by molar-refractivity contribution is -0.138. The molecule has 2 aliphatic rings. The van der Waals surface area contributed by atoms with Crippen molar-refractivity contribution in [1.29, 1.82) is 0 Å². The Labute approximate surface area is 515 Å². The zero-order valence-electron chi connectivity index (χ0n) is 50.3. The van der Waals surface area contributed by atoms with E-state index in [-0.39, 0.29) is 97.7 Å². The van der Waals surface area contributed by atoms with Crippen LogP contribution in [0.15, 0.2) is 143 Å². The minimum Gasteiger partial charge on any atom is -0.352 e. The van der Waals surface area contributed by atoms with Gasteiger partial charge in [-0.05, 0) is 176 Å². The third kappa shape index (κ3) is 18.8. The van der Waals surface area contributed by atoms with Gasteiger partial charge in [-0.15, -0.1) is 0 Å². The van der Waals surface area contributed by atoms with Crippen LogP contribution in [0.3, 0.4) is 0 Å². The van der Waals surface area contributed by atoms with Gasteiger partial charge in [0.15, 0.2) is 0 Å². The van der Waals surface area contributed by atoms with Crippen LogP contribution in [0.2, 0.25) is 0 Å². The van der Waals surface area contributed by atoms with Crippen LogP contribution < -0.4 is 31.9 Å². The summed E-state index contributed by atoms with van der Waals surface area (Å²) in [6.07, 6.45) is 3.85. The lowest BCUT2D eigenvalue weighted by atomic mass is 10.1. The van der Waals surface area contributed by atoms with Crippen molar-refractivity contribution < 1.29 is 54.4 Å². The van der Waals surface area contributed by atoms with Crippen molar-refractivity contribution in [2.75, 3.05) is 66.5 Å². The number of likely N-dealkylation sites (N-methyl/N-ethyl adjacent to an activating group) is 2. The van der Waals surface area contributed by atoms with E-state index in [0.717, 1.165) is 35.4 Å². The molecule has 6 amide bonds. The highest BCUT2D eigenvalue weighted by Gasteiger charge is 2.40. The van der Waals surface area contributed by atoms with Crippen molar-refractivity contribution in [3.63, 3.8) is 0 Å². The van der Waals surface area contributed by atoms with Crippen LogP contribution in [0.5, 0.6) is 0 Å². The summed E-state index contributed by atoms with van der Waals surface area (Å²) in [5, 5.41) is 17.2. The molecule has 0 radical (unpaired) electrons. The van der Waals surface area contributed by atoms with Gasteiger partial charge in [-0.3, -0.25) is 28.8 Å². The van der Waals surface area contributed by atoms with E-state index in [4.69, 9.17) is 0 Å². The molecule has 0 aromatic heterocycles. The van der Waals surface area contributed by atoms with Crippen molar-refractivity contribution in [3.8, 4) is 0 Å². The Morgan fingerprint density at radius 1 is 0.523 bits per heavy atom. The molecule has 2 heterocycles. The summed E-state index contributed by atoms with van der Waals surface area (Å²) in [4.78, 5) is 85.4. The number of halogens is 2. The zero-order chi connectivity index (χ0) is 63.4. The second-order valence-electron chi connectivity index (χ2n) is 22.3. The van der Waals surface area contributed by atoms with Crippen LogP contribution in [-0.2, 0) is 52.1 Å². The fourth-order valence-electron chi connectivity index (χ4n) is 10.8. The summed E-state index contributed by atoms with van der Waals surface area (Å²) >= 11 is 0. The number of amides is 6. The predicted octanol–water partition coefficient (Wildman–Crippen LogP) is 5.02. The van der Waals surface area contributed by atoms with E-state index in [2.05, 4.69) is 31.9 Å². The number of nitrogens with one attached hydrogen (secondary N) is 6. The fraction of sp³-hybridized carbons (Fsp3) is 0.438. The molecule has 2 fully saturated rings. The molecule has 6 atom stereocenters. The summed E-state index contributed by atoms with van der Waals surface area (Å²) < 4.78 is 87.0. The summed E-state index contributed by atoms with van der Waals surface area (Å²) in [7, 11) is -5.01. The topological polar surface area (TPSA) is 256 Å². The second kappa shape index (κ2) is 32.7. The number of carbonyl (C=O) groups is 6. The molecular formula is C64H82F2N10O10S2. The van der Waals surface area contributed by atoms with Crippen LogP contribution >= 0.6 is 0 Å². The van der Waals surface area contributed by atoms with Crippen molar-refractivity contribution in [1.82, 2.24) is 50.3 Å². The van der Waals surface area contributed by atoms with Gasteiger partial charge in [0.05, 0.1) is 21.9 Å². The molecular weight excluding hydrogens is 1170 g/mol. The number of sulfonamides is 2. The smallest absolute Gasteiger partial charge is 0.251 e. The third-order valence-electron chi connectivity index (χ3n) is 16.2. The summed E-state index contributed by atoms with van der Waals surface area (Å²) in [6.45, 7) is 4.37. The molecule has 5 aromatic rings. The predicted molar refractivity (Wildman–Crippen MR) is 331 cm³/mol. The van der Waals surface area contributed by atoms with Crippen molar-refractivity contribution in [3.05, 3.63) is 167 Å². The standard InChI is InChI=1S/C64H82F2N10O10S2/c1-45(67-3)59(77)71-57(63(81)75-39-13-19-53(75)43-73(41-35-47-15-7-5-8-16-47)87(83,84)55-31-27-51(65)28-32-55)21-11-37-69-61(79)49-23-25-50(26-24-49)62(80)70-38-12-22-58(72-60(78)46(2)68-4)64(82)76-40-14-20-54(76)44-74(42-36-48-17-9-6-10-18-48)88(85,86)56-33-29-52(66)30-34-56/h5-10,15-18,23-34,45-46,53-54,57-58,67-68H,11-14,19-22,35-44H2,1-4H3,(H,69,79)(H,70,80)(H,71,77)(H,72,78)/t45-,46+,53-,54-,57-,58-/m0/s1. The van der Waals surface area contributed by atoms with Crippen LogP contribution in [-0.4, -0.2) is 173 Å². The van der Waals surface area contributed by atoms with Gasteiger partial charge in [-0.25, -0.2) is 25.6 Å². The minimum absolute atomic E-state index is 0.0257. The lowest BCUT2D eigenvalue weighted by Gasteiger charge is -2.33. The molecule has 0 bridgehead atoms. The number of rotatable bonds is 32. The number of likely N-dealkylation sites (tertiary alicyclic amines) is 2. The number of carbonyl (C=O) groups excluding carboxylic acids is 6. The van der Waals surface area contributed by atoms with Gasteiger partial charge in [0.1, 0.15) is 23.7 Å². The van der Waals surface area contributed by atoms with Crippen molar-refractivity contribution in [2.45, 2.75) is 124 Å². The Kier molecular flexibility index (Phi) is 25.2. The molecule has 88 heavy (non-hydrogen) atoms. The lowest BCUT2D eigenvalue weighted by Crippen LogP contribution is -2.55. The van der Waals surface area contributed by atoms with Crippen LogP contribution in [0.25, 0.3) is 0 Å². The molecule has 0 unspecified atom stereocenters. The molecule has 6 N–H and O–H groups in total. The molecule has 0 spiro atoms. The highest BCUT2D eigenvalue weighted by molar-refractivity contribution is 7.89. The van der Waals surface area contributed by atoms with Crippen molar-refractivity contribution >= 4 is 55.5 Å². The summed E-state index contributed by atoms with van der Waals surface area (Å²) in [5.41, 5.74) is 2.35. The molecule has 7 rings (SSSR count). The van der Waals surface area contributed by atoms with Gasteiger partial charge >= 0.3 is 0 Å². The Bertz CT molecular complexity index is 3130. The van der Waals surface area contributed by atoms with E-state index >= 15 is 0 Å². The monoisotopic (exact) mass is 1250 g/mol. The number of hydrogen-bond donors (Lipinski definition) is 6. The van der Waals surface area contributed by atoms with E-state index < -0.39 is 91.6 Å². The molecule has 474 valence electrons. The van der Waals surface area contributed by atoms with Crippen LogP contribution in [0.1, 0.15) is 97.1 Å². The highest BCUT2D eigenvalue weighted by Crippen LogP contribution is 2.27. The highest BCUT2D eigenvalue weighted by atomic mass is 32.2. The first-order chi connectivity index (χ1) is 42.2. The van der Waals surface area contributed by atoms with E-state index in [1.165, 1.54) is 57.1 Å². The average molecular weight is 1250 g/mol. The van der Waals surface area contributed by atoms with E-state index in [1.54, 1.807) is 37.7 Å². The number of nitrogens with zero attached hydrogens (tertiary/aromatic N) is 4. The van der Waals surface area contributed by atoms with Gasteiger partial charge in [-0.1, -0.05) is 60.7 Å². The second-order valence-corrected chi connectivity index (χ2v) is 26.2. The van der Waals surface area contributed by atoms with Gasteiger partial charge in [0.2, 0.25) is 43.7 Å². The van der Waals surface area contributed by atoms with Crippen LogP contribution in [0, 0.1) is 11.6 Å². The van der Waals surface area contributed by atoms with Gasteiger partial charge < -0.3 is 41.7 Å². The first-order valence-corrected chi connectivity index (χ1v) is 32.9. The summed E-state index contributed by atoms with van der Waals surface area (Å²) in [6, 6.07) is 29.7. The maximum Gasteiger partial charge on any atom is 0.251 e. The Balaban J connectivity index is 0.927. The molecule has 2 aliphatic heterocycles. The third-order valence-corrected chi connectivity index (χ3v) is 20.0. The maximum absolute atomic E-state index is 14.5. The average Bonchev–Trinajstić information content (AvgIpc) is 1.76. The van der Waals surface area contributed by atoms with Gasteiger partial charge in [-0.2, -0.15) is 8.61 Å². The minimum atomic E-state index is -4.12. The molecule has 0 saturated carbocycles. The zero-order valence-corrected chi connectivity index (χ0v) is 52.0. The van der Waals surface area contributed by atoms with Gasteiger partial charge in [0, 0.05) is 75.6 Å². The molecule has 2 saturated heterocycles. The number of hydrogen-bond acceptors (Lipinski definition) is 12. The van der Waals surface area contributed by atoms with E-state index in [0.29, 0.717) is 51.6 Å². The largest absolute Gasteiger partial charge is 0.352 e. The molecule has 5 aromatic carbocycles.